The average molecular weight is 370 g/mol. The van der Waals surface area contributed by atoms with Crippen LogP contribution in [0.3, 0.4) is 0 Å². The first-order chi connectivity index (χ1) is 10.2. The molecule has 4 heteroatoms. The molecule has 0 aliphatic rings. The standard InChI is InChI=1S/C17H18BrClO2/c1-3-12-4-6-13(7-5-12)11-21-17-14(10-18)8-15(19)9-16(17)20-2/h4-9H,3,10-11H2,1-2H3. The Morgan fingerprint density at radius 2 is 1.76 bits per heavy atom. The fourth-order valence-corrected chi connectivity index (χ4v) is 2.71. The van der Waals surface area contributed by atoms with E-state index in [2.05, 4.69) is 47.1 Å². The van der Waals surface area contributed by atoms with Gasteiger partial charge in [-0.2, -0.15) is 0 Å². The van der Waals surface area contributed by atoms with Crippen LogP contribution in [-0.2, 0) is 18.4 Å². The monoisotopic (exact) mass is 368 g/mol. The summed E-state index contributed by atoms with van der Waals surface area (Å²) < 4.78 is 11.3. The zero-order valence-corrected chi connectivity index (χ0v) is 14.5. The lowest BCUT2D eigenvalue weighted by molar-refractivity contribution is 0.282. The lowest BCUT2D eigenvalue weighted by Crippen LogP contribution is -2.00. The predicted octanol–water partition coefficient (Wildman–Crippen LogP) is 5.38. The van der Waals surface area contributed by atoms with E-state index in [1.807, 2.05) is 6.07 Å². The van der Waals surface area contributed by atoms with Crippen LogP contribution in [0.1, 0.15) is 23.6 Å². The van der Waals surface area contributed by atoms with Crippen LogP contribution in [0.25, 0.3) is 0 Å². The zero-order chi connectivity index (χ0) is 15.2. The molecule has 0 spiro atoms. The first-order valence-corrected chi connectivity index (χ1v) is 8.30. The Hall–Kier alpha value is -1.19. The Labute approximate surface area is 139 Å². The number of ether oxygens (including phenoxy) is 2. The van der Waals surface area contributed by atoms with Gasteiger partial charge in [0.25, 0.3) is 0 Å². The Balaban J connectivity index is 2.18. The average Bonchev–Trinajstić information content (AvgIpc) is 2.53. The molecule has 2 nitrogen and oxygen atoms in total. The summed E-state index contributed by atoms with van der Waals surface area (Å²) in [7, 11) is 1.62. The topological polar surface area (TPSA) is 18.5 Å². The van der Waals surface area contributed by atoms with E-state index in [1.165, 1.54) is 5.56 Å². The molecule has 2 aromatic rings. The first kappa shape index (κ1) is 16.2. The van der Waals surface area contributed by atoms with E-state index in [-0.39, 0.29) is 0 Å². The van der Waals surface area contributed by atoms with Crippen molar-refractivity contribution in [2.45, 2.75) is 25.3 Å². The fraction of sp³-hybridized carbons (Fsp3) is 0.294. The molecule has 2 rings (SSSR count). The van der Waals surface area contributed by atoms with Crippen LogP contribution in [0.4, 0.5) is 0 Å². The first-order valence-electron chi connectivity index (χ1n) is 6.81. The summed E-state index contributed by atoms with van der Waals surface area (Å²) in [6.07, 6.45) is 1.04. The molecule has 112 valence electrons. The SMILES string of the molecule is CCc1ccc(COc2c(CBr)cc(Cl)cc2OC)cc1. The van der Waals surface area contributed by atoms with Gasteiger partial charge in [0.15, 0.2) is 11.5 Å². The summed E-state index contributed by atoms with van der Waals surface area (Å²) in [5, 5.41) is 1.30. The van der Waals surface area contributed by atoms with Crippen molar-refractivity contribution in [2.24, 2.45) is 0 Å². The number of hydrogen-bond acceptors (Lipinski definition) is 2. The highest BCUT2D eigenvalue weighted by Gasteiger charge is 2.12. The molecule has 0 heterocycles. The molecule has 0 aromatic heterocycles. The summed E-state index contributed by atoms with van der Waals surface area (Å²) in [6, 6.07) is 12.1. The van der Waals surface area contributed by atoms with E-state index in [0.29, 0.717) is 22.7 Å². The van der Waals surface area contributed by atoms with Crippen LogP contribution in [-0.4, -0.2) is 7.11 Å². The third-order valence-electron chi connectivity index (χ3n) is 3.27. The molecule has 21 heavy (non-hydrogen) atoms. The van der Waals surface area contributed by atoms with E-state index < -0.39 is 0 Å². The summed E-state index contributed by atoms with van der Waals surface area (Å²) in [5.74, 6) is 1.39. The summed E-state index contributed by atoms with van der Waals surface area (Å²) in [5.41, 5.74) is 3.43. The summed E-state index contributed by atoms with van der Waals surface area (Å²) >= 11 is 9.53. The minimum atomic E-state index is 0.502. The molecule has 0 fully saturated rings. The molecule has 0 saturated carbocycles. The molecule has 2 aromatic carbocycles. The van der Waals surface area contributed by atoms with E-state index in [1.54, 1.807) is 13.2 Å². The number of halogens is 2. The van der Waals surface area contributed by atoms with Gasteiger partial charge >= 0.3 is 0 Å². The molecule has 0 unspecified atom stereocenters. The van der Waals surface area contributed by atoms with Gasteiger partial charge in [0.2, 0.25) is 0 Å². The van der Waals surface area contributed by atoms with Crippen molar-refractivity contribution in [2.75, 3.05) is 7.11 Å². The minimum Gasteiger partial charge on any atom is -0.493 e. The van der Waals surface area contributed by atoms with Gasteiger partial charge in [-0.25, -0.2) is 0 Å². The maximum absolute atomic E-state index is 6.07. The van der Waals surface area contributed by atoms with Gasteiger partial charge in [0.1, 0.15) is 6.61 Å². The van der Waals surface area contributed by atoms with Gasteiger partial charge in [-0.3, -0.25) is 0 Å². The molecule has 0 N–H and O–H groups in total. The molecule has 0 aliphatic heterocycles. The number of alkyl halides is 1. The maximum Gasteiger partial charge on any atom is 0.165 e. The van der Waals surface area contributed by atoms with Crippen molar-refractivity contribution in [3.05, 3.63) is 58.1 Å². The third-order valence-corrected chi connectivity index (χ3v) is 4.10. The van der Waals surface area contributed by atoms with Crippen LogP contribution < -0.4 is 9.47 Å². The van der Waals surface area contributed by atoms with Crippen LogP contribution in [0, 0.1) is 0 Å². The van der Waals surface area contributed by atoms with Gasteiger partial charge < -0.3 is 9.47 Å². The van der Waals surface area contributed by atoms with Gasteiger partial charge in [-0.15, -0.1) is 0 Å². The van der Waals surface area contributed by atoms with E-state index >= 15 is 0 Å². The second-order valence-electron chi connectivity index (χ2n) is 4.69. The van der Waals surface area contributed by atoms with Crippen LogP contribution >= 0.6 is 27.5 Å². The Bertz CT molecular complexity index is 571. The number of hydrogen-bond donors (Lipinski definition) is 0. The Morgan fingerprint density at radius 1 is 1.10 bits per heavy atom. The second-order valence-corrected chi connectivity index (χ2v) is 5.69. The van der Waals surface area contributed by atoms with E-state index in [9.17, 15) is 0 Å². The van der Waals surface area contributed by atoms with Crippen LogP contribution in [0.15, 0.2) is 36.4 Å². The molecule has 0 radical (unpaired) electrons. The Kier molecular flexibility index (Phi) is 5.95. The Morgan fingerprint density at radius 3 is 2.33 bits per heavy atom. The summed E-state index contributed by atoms with van der Waals surface area (Å²) in [6.45, 7) is 2.65. The van der Waals surface area contributed by atoms with Crippen molar-refractivity contribution in [3.63, 3.8) is 0 Å². The molecule has 0 saturated heterocycles. The number of aryl methyl sites for hydroxylation is 1. The predicted molar refractivity (Wildman–Crippen MR) is 90.8 cm³/mol. The number of benzene rings is 2. The normalized spacial score (nSPS) is 10.5. The van der Waals surface area contributed by atoms with E-state index in [4.69, 9.17) is 21.1 Å². The van der Waals surface area contributed by atoms with Gasteiger partial charge in [0, 0.05) is 22.0 Å². The van der Waals surface area contributed by atoms with Crippen molar-refractivity contribution < 1.29 is 9.47 Å². The van der Waals surface area contributed by atoms with Gasteiger partial charge in [-0.1, -0.05) is 58.7 Å². The molecular weight excluding hydrogens is 352 g/mol. The number of rotatable bonds is 6. The molecule has 0 atom stereocenters. The molecule has 0 bridgehead atoms. The highest BCUT2D eigenvalue weighted by molar-refractivity contribution is 9.08. The fourth-order valence-electron chi connectivity index (χ4n) is 2.06. The summed E-state index contributed by atoms with van der Waals surface area (Å²) in [4.78, 5) is 0. The van der Waals surface area contributed by atoms with Gasteiger partial charge in [0.05, 0.1) is 7.11 Å². The van der Waals surface area contributed by atoms with Crippen molar-refractivity contribution in [3.8, 4) is 11.5 Å². The zero-order valence-electron chi connectivity index (χ0n) is 12.2. The maximum atomic E-state index is 6.07. The van der Waals surface area contributed by atoms with E-state index in [0.717, 1.165) is 23.3 Å². The highest BCUT2D eigenvalue weighted by atomic mass is 79.9. The van der Waals surface area contributed by atoms with Gasteiger partial charge in [-0.05, 0) is 23.6 Å². The minimum absolute atomic E-state index is 0.502. The highest BCUT2D eigenvalue weighted by Crippen LogP contribution is 2.36. The van der Waals surface area contributed by atoms with Crippen molar-refractivity contribution in [1.82, 2.24) is 0 Å². The lowest BCUT2D eigenvalue weighted by atomic mass is 10.1. The molecular formula is C17H18BrClO2. The lowest BCUT2D eigenvalue weighted by Gasteiger charge is -2.15. The van der Waals surface area contributed by atoms with Crippen molar-refractivity contribution >= 4 is 27.5 Å². The third kappa shape index (κ3) is 4.14. The smallest absolute Gasteiger partial charge is 0.165 e. The molecule has 0 amide bonds. The van der Waals surface area contributed by atoms with Crippen LogP contribution in [0.5, 0.6) is 11.5 Å². The molecule has 0 aliphatic carbocycles. The van der Waals surface area contributed by atoms with Crippen LogP contribution in [0.2, 0.25) is 5.02 Å². The number of methoxy groups -OCH3 is 1. The largest absolute Gasteiger partial charge is 0.493 e. The quantitative estimate of drug-likeness (QED) is 0.636. The van der Waals surface area contributed by atoms with Crippen molar-refractivity contribution in [1.29, 1.82) is 0 Å². The second kappa shape index (κ2) is 7.71.